The summed E-state index contributed by atoms with van der Waals surface area (Å²) in [5.74, 6) is -0.321. The fourth-order valence-corrected chi connectivity index (χ4v) is 5.46. The molecule has 4 nitrogen and oxygen atoms in total. The molecule has 1 saturated heterocycles. The number of carbonyl (C=O) groups is 2. The molecule has 17 heavy (non-hydrogen) atoms. The zero-order valence-electron chi connectivity index (χ0n) is 10.2. The van der Waals surface area contributed by atoms with Gasteiger partial charge in [0.2, 0.25) is 0 Å². The molecule has 0 aromatic heterocycles. The Balaban J connectivity index is 1.96. The maximum atomic E-state index is 11.6. The number of nitrogens with zero attached hydrogens (tertiary/aromatic N) is 1. The van der Waals surface area contributed by atoms with E-state index in [0.29, 0.717) is 0 Å². The maximum Gasteiger partial charge on any atom is 0.253 e. The standard InChI is InChI=1S/C12H19NO3Si/c1-2-10(9-17-8-4-3-7-16-17)13-11(14)5-6-12(13)15/h5-6,10,17H,2-4,7-9H2,1H3. The largest absolute Gasteiger partial charge is 0.420 e. The number of carbonyl (C=O) groups excluding carboxylic acids is 2. The lowest BCUT2D eigenvalue weighted by Gasteiger charge is -2.30. The highest BCUT2D eigenvalue weighted by atomic mass is 28.3. The third-order valence-electron chi connectivity index (χ3n) is 3.49. The van der Waals surface area contributed by atoms with Gasteiger partial charge in [0.05, 0.1) is 0 Å². The lowest BCUT2D eigenvalue weighted by atomic mass is 10.2. The summed E-state index contributed by atoms with van der Waals surface area (Å²) in [7, 11) is -1.19. The van der Waals surface area contributed by atoms with E-state index in [4.69, 9.17) is 4.43 Å². The first kappa shape index (κ1) is 12.5. The van der Waals surface area contributed by atoms with Crippen LogP contribution in [0.4, 0.5) is 0 Å². The van der Waals surface area contributed by atoms with Crippen molar-refractivity contribution in [2.75, 3.05) is 6.61 Å². The van der Waals surface area contributed by atoms with Crippen LogP contribution in [0, 0.1) is 0 Å². The van der Waals surface area contributed by atoms with Gasteiger partial charge in [-0.2, -0.15) is 0 Å². The third kappa shape index (κ3) is 2.84. The van der Waals surface area contributed by atoms with Gasteiger partial charge in [-0.1, -0.05) is 13.3 Å². The van der Waals surface area contributed by atoms with Crippen LogP contribution < -0.4 is 0 Å². The van der Waals surface area contributed by atoms with Gasteiger partial charge in [0, 0.05) is 24.8 Å². The summed E-state index contributed by atoms with van der Waals surface area (Å²) in [6.45, 7) is 2.90. The molecule has 94 valence electrons. The molecule has 2 amide bonds. The Hall–Kier alpha value is -0.943. The predicted molar refractivity (Wildman–Crippen MR) is 67.0 cm³/mol. The zero-order valence-corrected chi connectivity index (χ0v) is 11.4. The van der Waals surface area contributed by atoms with Crippen molar-refractivity contribution in [1.82, 2.24) is 4.90 Å². The molecule has 0 aromatic rings. The lowest BCUT2D eigenvalue weighted by molar-refractivity contribution is -0.139. The van der Waals surface area contributed by atoms with E-state index in [2.05, 4.69) is 0 Å². The Morgan fingerprint density at radius 2 is 2.06 bits per heavy atom. The monoisotopic (exact) mass is 253 g/mol. The molecule has 0 N–H and O–H groups in total. The highest BCUT2D eigenvalue weighted by molar-refractivity contribution is 6.52. The highest BCUT2D eigenvalue weighted by Gasteiger charge is 2.32. The summed E-state index contributed by atoms with van der Waals surface area (Å²) in [6, 6.07) is 2.13. The van der Waals surface area contributed by atoms with Gasteiger partial charge in [0.15, 0.2) is 9.04 Å². The Labute approximate surface area is 103 Å². The quantitative estimate of drug-likeness (QED) is 0.559. The van der Waals surface area contributed by atoms with Gasteiger partial charge >= 0.3 is 0 Å². The van der Waals surface area contributed by atoms with Crippen molar-refractivity contribution in [2.24, 2.45) is 0 Å². The van der Waals surface area contributed by atoms with Gasteiger partial charge in [-0.15, -0.1) is 0 Å². The average molecular weight is 253 g/mol. The van der Waals surface area contributed by atoms with Crippen LogP contribution in [-0.4, -0.2) is 38.4 Å². The molecule has 2 unspecified atom stereocenters. The van der Waals surface area contributed by atoms with Crippen LogP contribution in [0.2, 0.25) is 12.1 Å². The van der Waals surface area contributed by atoms with Gasteiger partial charge in [-0.3, -0.25) is 14.5 Å². The summed E-state index contributed by atoms with van der Waals surface area (Å²) in [5, 5.41) is 0. The van der Waals surface area contributed by atoms with E-state index in [1.165, 1.54) is 29.5 Å². The van der Waals surface area contributed by atoms with Crippen molar-refractivity contribution < 1.29 is 14.0 Å². The molecule has 1 fully saturated rings. The highest BCUT2D eigenvalue weighted by Crippen LogP contribution is 2.22. The molecule has 2 atom stereocenters. The van der Waals surface area contributed by atoms with Crippen molar-refractivity contribution in [2.45, 2.75) is 44.3 Å². The Morgan fingerprint density at radius 1 is 1.35 bits per heavy atom. The van der Waals surface area contributed by atoms with Crippen LogP contribution in [0.25, 0.3) is 0 Å². The molecule has 5 heteroatoms. The van der Waals surface area contributed by atoms with Crippen LogP contribution in [0.3, 0.4) is 0 Å². The second-order valence-corrected chi connectivity index (χ2v) is 7.29. The van der Waals surface area contributed by atoms with Crippen molar-refractivity contribution in [3.05, 3.63) is 12.2 Å². The van der Waals surface area contributed by atoms with E-state index in [1.807, 2.05) is 6.92 Å². The number of rotatable bonds is 4. The van der Waals surface area contributed by atoms with E-state index < -0.39 is 9.04 Å². The number of hydrogen-bond donors (Lipinski definition) is 0. The molecule has 0 spiro atoms. The van der Waals surface area contributed by atoms with Gasteiger partial charge in [-0.25, -0.2) is 0 Å². The molecule has 0 radical (unpaired) electrons. The molecule has 2 aliphatic heterocycles. The summed E-state index contributed by atoms with van der Waals surface area (Å²) in [5.41, 5.74) is 0. The molecule has 2 heterocycles. The lowest BCUT2D eigenvalue weighted by Crippen LogP contribution is -2.42. The van der Waals surface area contributed by atoms with Crippen molar-refractivity contribution in [1.29, 1.82) is 0 Å². The predicted octanol–water partition coefficient (Wildman–Crippen LogP) is 1.22. The molecule has 0 aliphatic carbocycles. The first-order valence-corrected chi connectivity index (χ1v) is 8.49. The first-order valence-electron chi connectivity index (χ1n) is 6.39. The van der Waals surface area contributed by atoms with Crippen LogP contribution >= 0.6 is 0 Å². The Morgan fingerprint density at radius 3 is 2.59 bits per heavy atom. The van der Waals surface area contributed by atoms with Crippen LogP contribution in [0.1, 0.15) is 26.2 Å². The summed E-state index contributed by atoms with van der Waals surface area (Å²) >= 11 is 0. The van der Waals surface area contributed by atoms with Crippen molar-refractivity contribution >= 4 is 20.9 Å². The van der Waals surface area contributed by atoms with E-state index in [9.17, 15) is 9.59 Å². The molecule has 0 bridgehead atoms. The summed E-state index contributed by atoms with van der Waals surface area (Å²) in [6.07, 6.45) is 5.96. The third-order valence-corrected chi connectivity index (χ3v) is 6.32. The minimum absolute atomic E-state index is 0.0415. The average Bonchev–Trinajstić information content (AvgIpc) is 2.68. The smallest absolute Gasteiger partial charge is 0.253 e. The molecule has 2 rings (SSSR count). The van der Waals surface area contributed by atoms with Crippen molar-refractivity contribution in [3.8, 4) is 0 Å². The van der Waals surface area contributed by atoms with E-state index in [0.717, 1.165) is 25.5 Å². The SMILES string of the molecule is CCC(C[SiH]1CCCCO1)N1C(=O)C=CC1=O. The normalized spacial score (nSPS) is 26.6. The van der Waals surface area contributed by atoms with Crippen LogP contribution in [0.5, 0.6) is 0 Å². The van der Waals surface area contributed by atoms with Gasteiger partial charge in [0.1, 0.15) is 0 Å². The van der Waals surface area contributed by atoms with Crippen LogP contribution in [-0.2, 0) is 14.0 Å². The Bertz CT molecular complexity index is 319. The Kier molecular flexibility index (Phi) is 4.12. The van der Waals surface area contributed by atoms with E-state index in [-0.39, 0.29) is 17.9 Å². The second kappa shape index (κ2) is 5.60. The summed E-state index contributed by atoms with van der Waals surface area (Å²) in [4.78, 5) is 24.6. The first-order chi connectivity index (χ1) is 8.22. The van der Waals surface area contributed by atoms with E-state index >= 15 is 0 Å². The number of hydrogen-bond acceptors (Lipinski definition) is 3. The van der Waals surface area contributed by atoms with Crippen molar-refractivity contribution in [3.63, 3.8) is 0 Å². The number of amides is 2. The minimum atomic E-state index is -1.19. The number of imide groups is 1. The molecule has 0 aromatic carbocycles. The fourth-order valence-electron chi connectivity index (χ4n) is 2.52. The molecule has 2 aliphatic rings. The van der Waals surface area contributed by atoms with Gasteiger partial charge in [0.25, 0.3) is 11.8 Å². The maximum absolute atomic E-state index is 11.6. The zero-order chi connectivity index (χ0) is 12.3. The summed E-state index contributed by atoms with van der Waals surface area (Å²) < 4.78 is 5.81. The van der Waals surface area contributed by atoms with E-state index in [1.54, 1.807) is 0 Å². The topological polar surface area (TPSA) is 46.6 Å². The molecular formula is C12H19NO3Si. The minimum Gasteiger partial charge on any atom is -0.420 e. The fraction of sp³-hybridized carbons (Fsp3) is 0.667. The molecule has 0 saturated carbocycles. The van der Waals surface area contributed by atoms with Crippen LogP contribution in [0.15, 0.2) is 12.2 Å². The van der Waals surface area contributed by atoms with Gasteiger partial charge in [-0.05, 0) is 24.9 Å². The second-order valence-electron chi connectivity index (χ2n) is 4.67. The van der Waals surface area contributed by atoms with Gasteiger partial charge < -0.3 is 4.43 Å². The molecular weight excluding hydrogens is 234 g/mol.